The van der Waals surface area contributed by atoms with Crippen molar-refractivity contribution in [3.05, 3.63) is 24.3 Å². The maximum absolute atomic E-state index is 11.9. The Morgan fingerprint density at radius 2 is 0.784 bits per heavy atom. The highest BCUT2D eigenvalue weighted by Gasteiger charge is 2.19. The third kappa shape index (κ3) is 24.6. The molecule has 0 unspecified atom stereocenters. The zero-order chi connectivity index (χ0) is 27.8. The lowest BCUT2D eigenvalue weighted by Crippen LogP contribution is -2.05. The maximum Gasteiger partial charge on any atom is 0.472 e. The second kappa shape index (κ2) is 23.6. The van der Waals surface area contributed by atoms with Gasteiger partial charge in [0.1, 0.15) is 0 Å². The molecule has 0 radical (unpaired) electrons. The zero-order valence-electron chi connectivity index (χ0n) is 23.3. The van der Waals surface area contributed by atoms with Crippen molar-refractivity contribution >= 4 is 19.8 Å². The van der Waals surface area contributed by atoms with Gasteiger partial charge in [-0.25, -0.2) is 14.2 Å². The number of unbranched alkanes of at least 4 members (excludes halogenated alkanes) is 14. The third-order valence-electron chi connectivity index (χ3n) is 5.75. The van der Waals surface area contributed by atoms with Crippen LogP contribution < -0.4 is 0 Å². The van der Waals surface area contributed by atoms with Crippen LogP contribution in [0.4, 0.5) is 0 Å². The van der Waals surface area contributed by atoms with E-state index < -0.39 is 7.82 Å². The van der Waals surface area contributed by atoms with Crippen LogP contribution in [-0.4, -0.2) is 43.3 Å². The quantitative estimate of drug-likeness (QED) is 0.0511. The molecule has 0 heterocycles. The molecule has 0 amide bonds. The summed E-state index contributed by atoms with van der Waals surface area (Å²) in [6.07, 6.45) is 16.0. The molecule has 0 saturated carbocycles. The summed E-state index contributed by atoms with van der Waals surface area (Å²) in [6.45, 7) is 11.7. The molecule has 0 atom stereocenters. The van der Waals surface area contributed by atoms with Gasteiger partial charge in [0.25, 0.3) is 0 Å². The summed E-state index contributed by atoms with van der Waals surface area (Å²) in [6, 6.07) is 0. The Hall–Kier alpha value is -1.47. The van der Waals surface area contributed by atoms with Crippen LogP contribution in [0.1, 0.15) is 117 Å². The lowest BCUT2D eigenvalue weighted by atomic mass is 10.1. The standard InChI is InChI=1S/C28H51O8P/c1-25(2)27(29)33-21-17-13-9-5-7-11-15-19-23-35-37(31,32)36-24-20-16-12-8-6-10-14-18-22-34-28(30)26(3)4/h1,3,5-24H2,2,4H3,(H,31,32). The lowest BCUT2D eigenvalue weighted by Gasteiger charge is -2.12. The Kier molecular flexibility index (Phi) is 22.7. The fraction of sp³-hybridized carbons (Fsp3) is 0.786. The van der Waals surface area contributed by atoms with Gasteiger partial charge in [0.15, 0.2) is 0 Å². The van der Waals surface area contributed by atoms with E-state index in [1.807, 2.05) is 0 Å². The number of ether oxygens (including phenoxy) is 2. The first-order valence-corrected chi connectivity index (χ1v) is 15.4. The molecule has 216 valence electrons. The molecule has 0 bridgehead atoms. The number of carbonyl (C=O) groups is 2. The average Bonchev–Trinajstić information content (AvgIpc) is 2.84. The predicted molar refractivity (Wildman–Crippen MR) is 147 cm³/mol. The predicted octanol–water partition coefficient (Wildman–Crippen LogP) is 7.60. The van der Waals surface area contributed by atoms with Gasteiger partial charge in [-0.15, -0.1) is 0 Å². The molecular weight excluding hydrogens is 495 g/mol. The van der Waals surface area contributed by atoms with Crippen molar-refractivity contribution in [2.45, 2.75) is 117 Å². The minimum absolute atomic E-state index is 0.230. The molecule has 0 aromatic carbocycles. The normalized spacial score (nSPS) is 11.3. The van der Waals surface area contributed by atoms with Crippen molar-refractivity contribution in [2.24, 2.45) is 0 Å². The van der Waals surface area contributed by atoms with Crippen LogP contribution in [0.5, 0.6) is 0 Å². The van der Waals surface area contributed by atoms with Crippen molar-refractivity contribution in [1.82, 2.24) is 0 Å². The summed E-state index contributed by atoms with van der Waals surface area (Å²) in [7, 11) is -3.96. The summed E-state index contributed by atoms with van der Waals surface area (Å²) >= 11 is 0. The van der Waals surface area contributed by atoms with Gasteiger partial charge in [0.2, 0.25) is 0 Å². The molecule has 0 aliphatic carbocycles. The molecule has 1 N–H and O–H groups in total. The minimum Gasteiger partial charge on any atom is -0.462 e. The Morgan fingerprint density at radius 1 is 0.541 bits per heavy atom. The first-order chi connectivity index (χ1) is 17.7. The van der Waals surface area contributed by atoms with Gasteiger partial charge < -0.3 is 14.4 Å². The number of esters is 2. The molecule has 0 aromatic heterocycles. The zero-order valence-corrected chi connectivity index (χ0v) is 24.2. The topological polar surface area (TPSA) is 108 Å². The van der Waals surface area contributed by atoms with Gasteiger partial charge in [-0.3, -0.25) is 9.05 Å². The third-order valence-corrected chi connectivity index (χ3v) is 6.77. The fourth-order valence-electron chi connectivity index (χ4n) is 3.50. The van der Waals surface area contributed by atoms with E-state index >= 15 is 0 Å². The summed E-state index contributed by atoms with van der Waals surface area (Å²) < 4.78 is 32.2. The lowest BCUT2D eigenvalue weighted by molar-refractivity contribution is -0.139. The summed E-state index contributed by atoms with van der Waals surface area (Å²) in [5, 5.41) is 0. The fourth-order valence-corrected chi connectivity index (χ4v) is 4.30. The second-order valence-electron chi connectivity index (χ2n) is 9.62. The van der Waals surface area contributed by atoms with Crippen LogP contribution in [0.25, 0.3) is 0 Å². The highest BCUT2D eigenvalue weighted by atomic mass is 31.2. The van der Waals surface area contributed by atoms with Crippen molar-refractivity contribution in [1.29, 1.82) is 0 Å². The maximum atomic E-state index is 11.9. The Labute approximate surface area is 224 Å². The average molecular weight is 547 g/mol. The van der Waals surface area contributed by atoms with Crippen LogP contribution in [-0.2, 0) is 32.7 Å². The number of hydrogen-bond donors (Lipinski definition) is 1. The van der Waals surface area contributed by atoms with E-state index in [-0.39, 0.29) is 25.2 Å². The van der Waals surface area contributed by atoms with Gasteiger partial charge in [0, 0.05) is 11.1 Å². The summed E-state index contributed by atoms with van der Waals surface area (Å²) in [4.78, 5) is 32.3. The highest BCUT2D eigenvalue weighted by molar-refractivity contribution is 7.47. The molecule has 0 aliphatic rings. The van der Waals surface area contributed by atoms with Gasteiger partial charge in [-0.2, -0.15) is 0 Å². The molecule has 8 nitrogen and oxygen atoms in total. The van der Waals surface area contributed by atoms with Crippen LogP contribution >= 0.6 is 7.82 Å². The molecule has 0 fully saturated rings. The van der Waals surface area contributed by atoms with Gasteiger partial charge in [-0.05, 0) is 39.5 Å². The summed E-state index contributed by atoms with van der Waals surface area (Å²) in [5.41, 5.74) is 0.863. The van der Waals surface area contributed by atoms with Crippen LogP contribution in [0.15, 0.2) is 24.3 Å². The van der Waals surface area contributed by atoms with E-state index in [1.165, 1.54) is 0 Å². The Bertz CT molecular complexity index is 638. The number of rotatable bonds is 26. The molecule has 0 spiro atoms. The first-order valence-electron chi connectivity index (χ1n) is 13.9. The SMILES string of the molecule is C=C(C)C(=O)OCCCCCCCCCCOP(=O)(O)OCCCCCCCCCCOC(=O)C(=C)C. The number of hydrogen-bond acceptors (Lipinski definition) is 7. The molecular formula is C28H51O8P. The smallest absolute Gasteiger partial charge is 0.462 e. The van der Waals surface area contributed by atoms with Gasteiger partial charge >= 0.3 is 19.8 Å². The second-order valence-corrected chi connectivity index (χ2v) is 11.1. The van der Waals surface area contributed by atoms with Crippen molar-refractivity contribution in [3.63, 3.8) is 0 Å². The van der Waals surface area contributed by atoms with Crippen LogP contribution in [0, 0.1) is 0 Å². The minimum atomic E-state index is -3.96. The van der Waals surface area contributed by atoms with Crippen LogP contribution in [0.2, 0.25) is 0 Å². The van der Waals surface area contributed by atoms with E-state index in [4.69, 9.17) is 18.5 Å². The highest BCUT2D eigenvalue weighted by Crippen LogP contribution is 2.43. The first kappa shape index (κ1) is 35.5. The van der Waals surface area contributed by atoms with E-state index in [9.17, 15) is 19.0 Å². The Morgan fingerprint density at radius 3 is 1.05 bits per heavy atom. The molecule has 0 aromatic rings. The molecule has 0 aliphatic heterocycles. The molecule has 9 heteroatoms. The molecule has 0 rings (SSSR count). The number of carbonyl (C=O) groups excluding carboxylic acids is 2. The van der Waals surface area contributed by atoms with Crippen LogP contribution in [0.3, 0.4) is 0 Å². The van der Waals surface area contributed by atoms with E-state index in [1.54, 1.807) is 13.8 Å². The van der Waals surface area contributed by atoms with Gasteiger partial charge in [0.05, 0.1) is 26.4 Å². The van der Waals surface area contributed by atoms with Crippen molar-refractivity contribution in [3.8, 4) is 0 Å². The molecule has 0 saturated heterocycles. The van der Waals surface area contributed by atoms with Gasteiger partial charge in [-0.1, -0.05) is 90.2 Å². The number of phosphoric ester groups is 1. The molecule has 37 heavy (non-hydrogen) atoms. The monoisotopic (exact) mass is 546 g/mol. The number of phosphoric acid groups is 1. The Balaban J connectivity index is 3.40. The van der Waals surface area contributed by atoms with Crippen molar-refractivity contribution in [2.75, 3.05) is 26.4 Å². The van der Waals surface area contributed by atoms with E-state index in [2.05, 4.69) is 13.2 Å². The largest absolute Gasteiger partial charge is 0.472 e. The van der Waals surface area contributed by atoms with E-state index in [0.717, 1.165) is 103 Å². The van der Waals surface area contributed by atoms with Crippen molar-refractivity contribution < 1.29 is 37.6 Å². The summed E-state index contributed by atoms with van der Waals surface area (Å²) in [5.74, 6) is -0.645. The van der Waals surface area contributed by atoms with E-state index in [0.29, 0.717) is 24.4 Å².